The van der Waals surface area contributed by atoms with Crippen molar-refractivity contribution in [1.82, 2.24) is 4.90 Å². The molecule has 1 aliphatic rings. The van der Waals surface area contributed by atoms with Gasteiger partial charge in [0.05, 0.1) is 32.8 Å². The Morgan fingerprint density at radius 2 is 2.00 bits per heavy atom. The van der Waals surface area contributed by atoms with E-state index in [0.29, 0.717) is 18.9 Å². The molecule has 1 N–H and O–H groups in total. The van der Waals surface area contributed by atoms with E-state index in [2.05, 4.69) is 0 Å². The average molecular weight is 345 g/mol. The zero-order valence-electron chi connectivity index (χ0n) is 13.8. The molecular formula is C18H19NO6. The number of furan rings is 1. The first kappa shape index (κ1) is 17.0. The molecule has 1 aromatic carbocycles. The van der Waals surface area contributed by atoms with Crippen LogP contribution in [-0.4, -0.2) is 54.8 Å². The van der Waals surface area contributed by atoms with Crippen molar-refractivity contribution in [3.05, 3.63) is 42.2 Å². The van der Waals surface area contributed by atoms with Gasteiger partial charge in [0, 0.05) is 12.1 Å². The van der Waals surface area contributed by atoms with Crippen molar-refractivity contribution in [2.24, 2.45) is 0 Å². The van der Waals surface area contributed by atoms with Crippen molar-refractivity contribution in [1.29, 1.82) is 0 Å². The SMILES string of the molecule is COc1ccc(-c2ccc(C(=O)N3CCOCC3CC(=O)O)o2)cc1. The molecule has 1 saturated heterocycles. The topological polar surface area (TPSA) is 89.2 Å². The normalized spacial score (nSPS) is 17.3. The number of methoxy groups -OCH3 is 1. The van der Waals surface area contributed by atoms with Crippen molar-refractivity contribution >= 4 is 11.9 Å². The van der Waals surface area contributed by atoms with E-state index in [-0.39, 0.29) is 24.7 Å². The molecule has 0 aliphatic carbocycles. The van der Waals surface area contributed by atoms with Crippen LogP contribution in [0.2, 0.25) is 0 Å². The third-order valence-corrected chi connectivity index (χ3v) is 4.09. The number of carbonyl (C=O) groups is 2. The molecule has 2 aromatic rings. The maximum atomic E-state index is 12.7. The van der Waals surface area contributed by atoms with Crippen LogP contribution in [-0.2, 0) is 9.53 Å². The van der Waals surface area contributed by atoms with Gasteiger partial charge in [-0.3, -0.25) is 9.59 Å². The van der Waals surface area contributed by atoms with Crippen LogP contribution in [0.25, 0.3) is 11.3 Å². The number of carboxylic acid groups (broad SMARTS) is 1. The van der Waals surface area contributed by atoms with E-state index in [1.54, 1.807) is 19.2 Å². The summed E-state index contributed by atoms with van der Waals surface area (Å²) in [5.41, 5.74) is 0.823. The minimum atomic E-state index is -0.966. The number of hydrogen-bond acceptors (Lipinski definition) is 5. The highest BCUT2D eigenvalue weighted by molar-refractivity contribution is 5.92. The van der Waals surface area contributed by atoms with Crippen LogP contribution in [0.3, 0.4) is 0 Å². The third-order valence-electron chi connectivity index (χ3n) is 4.09. The van der Waals surface area contributed by atoms with E-state index >= 15 is 0 Å². The lowest BCUT2D eigenvalue weighted by molar-refractivity contribution is -0.139. The Morgan fingerprint density at radius 1 is 1.24 bits per heavy atom. The lowest BCUT2D eigenvalue weighted by Gasteiger charge is -2.34. The third kappa shape index (κ3) is 3.83. The summed E-state index contributed by atoms with van der Waals surface area (Å²) >= 11 is 0. The molecule has 0 bridgehead atoms. The molecule has 0 spiro atoms. The summed E-state index contributed by atoms with van der Waals surface area (Å²) in [5, 5.41) is 9.00. The highest BCUT2D eigenvalue weighted by Crippen LogP contribution is 2.26. The van der Waals surface area contributed by atoms with Gasteiger partial charge in [-0.05, 0) is 36.4 Å². The molecule has 1 atom stereocenters. The predicted octanol–water partition coefficient (Wildman–Crippen LogP) is 2.27. The first-order valence-electron chi connectivity index (χ1n) is 7.93. The van der Waals surface area contributed by atoms with Gasteiger partial charge in [0.15, 0.2) is 5.76 Å². The fourth-order valence-corrected chi connectivity index (χ4v) is 2.80. The Kier molecular flexibility index (Phi) is 5.04. The number of carboxylic acids is 1. The zero-order chi connectivity index (χ0) is 17.8. The second-order valence-electron chi connectivity index (χ2n) is 5.72. The van der Waals surface area contributed by atoms with E-state index in [0.717, 1.165) is 11.3 Å². The van der Waals surface area contributed by atoms with E-state index < -0.39 is 12.0 Å². The van der Waals surface area contributed by atoms with Crippen LogP contribution >= 0.6 is 0 Å². The minimum Gasteiger partial charge on any atom is -0.497 e. The zero-order valence-corrected chi connectivity index (χ0v) is 13.8. The standard InChI is InChI=1S/C18H19NO6/c1-23-14-4-2-12(3-5-14)15-6-7-16(25-15)18(22)19-8-9-24-11-13(19)10-17(20)21/h2-7,13H,8-11H2,1H3,(H,20,21). The molecule has 132 valence electrons. The number of morpholine rings is 1. The number of benzene rings is 1. The summed E-state index contributed by atoms with van der Waals surface area (Å²) in [6.45, 7) is 0.938. The summed E-state index contributed by atoms with van der Waals surface area (Å²) < 4.78 is 16.1. The molecule has 0 saturated carbocycles. The first-order chi connectivity index (χ1) is 12.1. The molecule has 0 radical (unpaired) electrons. The van der Waals surface area contributed by atoms with Crippen molar-refractivity contribution < 1.29 is 28.6 Å². The van der Waals surface area contributed by atoms with Crippen LogP contribution in [0.4, 0.5) is 0 Å². The highest BCUT2D eigenvalue weighted by atomic mass is 16.5. The minimum absolute atomic E-state index is 0.155. The monoisotopic (exact) mass is 345 g/mol. The van der Waals surface area contributed by atoms with Crippen LogP contribution in [0.5, 0.6) is 5.75 Å². The number of rotatable bonds is 5. The molecule has 7 heteroatoms. The number of carbonyl (C=O) groups excluding carboxylic acids is 1. The molecule has 2 heterocycles. The second kappa shape index (κ2) is 7.40. The molecule has 7 nitrogen and oxygen atoms in total. The van der Waals surface area contributed by atoms with Gasteiger partial charge in [0.2, 0.25) is 0 Å². The predicted molar refractivity (Wildman–Crippen MR) is 88.6 cm³/mol. The van der Waals surface area contributed by atoms with Gasteiger partial charge in [0.1, 0.15) is 11.5 Å². The number of aliphatic carboxylic acids is 1. The lowest BCUT2D eigenvalue weighted by Crippen LogP contribution is -2.49. The molecule has 1 aromatic heterocycles. The van der Waals surface area contributed by atoms with Crippen molar-refractivity contribution in [2.75, 3.05) is 26.9 Å². The average Bonchev–Trinajstić information content (AvgIpc) is 3.11. The Hall–Kier alpha value is -2.80. The van der Waals surface area contributed by atoms with Crippen molar-refractivity contribution in [3.63, 3.8) is 0 Å². The molecule has 1 unspecified atom stereocenters. The van der Waals surface area contributed by atoms with Crippen molar-refractivity contribution in [3.8, 4) is 17.1 Å². The van der Waals surface area contributed by atoms with Gasteiger partial charge in [-0.2, -0.15) is 0 Å². The van der Waals surface area contributed by atoms with E-state index in [9.17, 15) is 9.59 Å². The fourth-order valence-electron chi connectivity index (χ4n) is 2.80. The van der Waals surface area contributed by atoms with Crippen LogP contribution in [0.15, 0.2) is 40.8 Å². The summed E-state index contributed by atoms with van der Waals surface area (Å²) in [5.74, 6) is 0.189. The number of amides is 1. The Labute approximate surface area is 144 Å². The number of nitrogens with zero attached hydrogens (tertiary/aromatic N) is 1. The van der Waals surface area contributed by atoms with E-state index in [1.165, 1.54) is 4.90 Å². The Bertz CT molecular complexity index is 751. The van der Waals surface area contributed by atoms with Gasteiger partial charge >= 0.3 is 5.97 Å². The molecule has 25 heavy (non-hydrogen) atoms. The molecule has 1 amide bonds. The Balaban J connectivity index is 1.77. The smallest absolute Gasteiger partial charge is 0.305 e. The summed E-state index contributed by atoms with van der Waals surface area (Å²) in [7, 11) is 1.59. The quantitative estimate of drug-likeness (QED) is 0.894. The van der Waals surface area contributed by atoms with Gasteiger partial charge in [0.25, 0.3) is 5.91 Å². The van der Waals surface area contributed by atoms with Crippen LogP contribution in [0.1, 0.15) is 17.0 Å². The summed E-state index contributed by atoms with van der Waals surface area (Å²) in [6.07, 6.45) is -0.155. The fraction of sp³-hybridized carbons (Fsp3) is 0.333. The van der Waals surface area contributed by atoms with Gasteiger partial charge in [-0.15, -0.1) is 0 Å². The first-order valence-corrected chi connectivity index (χ1v) is 7.93. The molecule has 1 aliphatic heterocycles. The number of hydrogen-bond donors (Lipinski definition) is 1. The maximum absolute atomic E-state index is 12.7. The van der Waals surface area contributed by atoms with Gasteiger partial charge in [-0.25, -0.2) is 0 Å². The van der Waals surface area contributed by atoms with Crippen LogP contribution in [0, 0.1) is 0 Å². The van der Waals surface area contributed by atoms with Gasteiger partial charge < -0.3 is 23.9 Å². The lowest BCUT2D eigenvalue weighted by atomic mass is 10.1. The highest BCUT2D eigenvalue weighted by Gasteiger charge is 2.31. The summed E-state index contributed by atoms with van der Waals surface area (Å²) in [4.78, 5) is 25.2. The molecule has 3 rings (SSSR count). The largest absolute Gasteiger partial charge is 0.497 e. The number of ether oxygens (including phenoxy) is 2. The van der Waals surface area contributed by atoms with E-state index in [4.69, 9.17) is 19.0 Å². The second-order valence-corrected chi connectivity index (χ2v) is 5.72. The van der Waals surface area contributed by atoms with E-state index in [1.807, 2.05) is 24.3 Å². The maximum Gasteiger partial charge on any atom is 0.305 e. The Morgan fingerprint density at radius 3 is 2.68 bits per heavy atom. The van der Waals surface area contributed by atoms with Crippen molar-refractivity contribution in [2.45, 2.75) is 12.5 Å². The van der Waals surface area contributed by atoms with Gasteiger partial charge in [-0.1, -0.05) is 0 Å². The molecule has 1 fully saturated rings. The molecular weight excluding hydrogens is 326 g/mol. The summed E-state index contributed by atoms with van der Waals surface area (Å²) in [6, 6.07) is 10.1. The van der Waals surface area contributed by atoms with Crippen LogP contribution < -0.4 is 4.74 Å².